The summed E-state index contributed by atoms with van der Waals surface area (Å²) >= 11 is 0. The molecule has 1 aromatic carbocycles. The fourth-order valence-corrected chi connectivity index (χ4v) is 3.36. The number of carboxylic acids is 1. The van der Waals surface area contributed by atoms with E-state index in [0.29, 0.717) is 25.1 Å². The van der Waals surface area contributed by atoms with E-state index in [1.54, 1.807) is 6.20 Å². The SMILES string of the molecule is O=C(O)CC[C@H]1CCCCN1C(=O)c1ccc(Cn2cccn2)cc1. The van der Waals surface area contributed by atoms with Crippen molar-refractivity contribution in [2.24, 2.45) is 0 Å². The molecule has 132 valence electrons. The molecule has 0 bridgehead atoms. The number of piperidine rings is 1. The molecule has 1 N–H and O–H groups in total. The highest BCUT2D eigenvalue weighted by Crippen LogP contribution is 2.23. The first kappa shape index (κ1) is 17.2. The normalized spacial score (nSPS) is 17.4. The molecule has 1 amide bonds. The molecule has 0 spiro atoms. The van der Waals surface area contributed by atoms with Crippen LogP contribution in [0.1, 0.15) is 48.0 Å². The number of rotatable bonds is 6. The maximum absolute atomic E-state index is 12.8. The first-order valence-electron chi connectivity index (χ1n) is 8.72. The van der Waals surface area contributed by atoms with Crippen LogP contribution in [0.5, 0.6) is 0 Å². The minimum absolute atomic E-state index is 0.000674. The number of benzene rings is 1. The standard InChI is InChI=1S/C19H23N3O3/c23-18(24)10-9-17-4-1-2-13-22(17)19(25)16-7-5-15(6-8-16)14-21-12-3-11-20-21/h3,5-8,11-12,17H,1-2,4,9-10,13-14H2,(H,23,24)/t17-/m1/s1. The van der Waals surface area contributed by atoms with E-state index in [1.807, 2.05) is 46.1 Å². The van der Waals surface area contributed by atoms with Crippen LogP contribution in [0.25, 0.3) is 0 Å². The zero-order valence-electron chi connectivity index (χ0n) is 14.2. The molecule has 1 aromatic heterocycles. The third-order valence-electron chi connectivity index (χ3n) is 4.68. The Balaban J connectivity index is 1.66. The number of hydrogen-bond acceptors (Lipinski definition) is 3. The van der Waals surface area contributed by atoms with Gasteiger partial charge in [0.1, 0.15) is 0 Å². The number of hydrogen-bond donors (Lipinski definition) is 1. The summed E-state index contributed by atoms with van der Waals surface area (Å²) in [5, 5.41) is 13.1. The summed E-state index contributed by atoms with van der Waals surface area (Å²) in [6, 6.07) is 9.51. The highest BCUT2D eigenvalue weighted by atomic mass is 16.4. The van der Waals surface area contributed by atoms with Gasteiger partial charge in [-0.25, -0.2) is 0 Å². The van der Waals surface area contributed by atoms with E-state index in [9.17, 15) is 9.59 Å². The van der Waals surface area contributed by atoms with Gasteiger partial charge in [-0.1, -0.05) is 12.1 Å². The Kier molecular flexibility index (Phi) is 5.48. The second-order valence-corrected chi connectivity index (χ2v) is 6.48. The third-order valence-corrected chi connectivity index (χ3v) is 4.68. The number of aliphatic carboxylic acids is 1. The van der Waals surface area contributed by atoms with Gasteiger partial charge in [-0.15, -0.1) is 0 Å². The average molecular weight is 341 g/mol. The number of amides is 1. The average Bonchev–Trinajstić information content (AvgIpc) is 3.13. The van der Waals surface area contributed by atoms with Crippen molar-refractivity contribution in [2.75, 3.05) is 6.54 Å². The largest absolute Gasteiger partial charge is 0.481 e. The number of carbonyl (C=O) groups excluding carboxylic acids is 1. The molecule has 25 heavy (non-hydrogen) atoms. The van der Waals surface area contributed by atoms with Gasteiger partial charge in [-0.2, -0.15) is 5.10 Å². The highest BCUT2D eigenvalue weighted by molar-refractivity contribution is 5.94. The molecule has 2 aromatic rings. The molecule has 1 aliphatic rings. The van der Waals surface area contributed by atoms with Gasteiger partial charge in [0.05, 0.1) is 6.54 Å². The smallest absolute Gasteiger partial charge is 0.303 e. The van der Waals surface area contributed by atoms with Crippen LogP contribution < -0.4 is 0 Å². The van der Waals surface area contributed by atoms with Crippen LogP contribution in [0.4, 0.5) is 0 Å². The van der Waals surface area contributed by atoms with Crippen LogP contribution in [0.2, 0.25) is 0 Å². The highest BCUT2D eigenvalue weighted by Gasteiger charge is 2.27. The maximum Gasteiger partial charge on any atom is 0.303 e. The Hall–Kier alpha value is -2.63. The van der Waals surface area contributed by atoms with Gasteiger partial charge in [0, 0.05) is 37.0 Å². The van der Waals surface area contributed by atoms with Crippen molar-refractivity contribution in [1.82, 2.24) is 14.7 Å². The molecule has 1 fully saturated rings. The Morgan fingerprint density at radius 3 is 2.68 bits per heavy atom. The van der Waals surface area contributed by atoms with E-state index in [0.717, 1.165) is 24.8 Å². The number of likely N-dealkylation sites (tertiary alicyclic amines) is 1. The quantitative estimate of drug-likeness (QED) is 0.876. The fraction of sp³-hybridized carbons (Fsp3) is 0.421. The van der Waals surface area contributed by atoms with E-state index in [1.165, 1.54) is 0 Å². The molecule has 1 aliphatic heterocycles. The Morgan fingerprint density at radius 1 is 1.20 bits per heavy atom. The van der Waals surface area contributed by atoms with E-state index in [-0.39, 0.29) is 18.4 Å². The number of aromatic nitrogens is 2. The predicted molar refractivity (Wildman–Crippen MR) is 93.3 cm³/mol. The van der Waals surface area contributed by atoms with Crippen LogP contribution in [0, 0.1) is 0 Å². The lowest BCUT2D eigenvalue weighted by atomic mass is 9.96. The van der Waals surface area contributed by atoms with Gasteiger partial charge in [0.15, 0.2) is 0 Å². The topological polar surface area (TPSA) is 75.4 Å². The van der Waals surface area contributed by atoms with Crippen molar-refractivity contribution in [3.05, 3.63) is 53.9 Å². The second kappa shape index (κ2) is 7.96. The molecule has 2 heterocycles. The molecule has 6 heteroatoms. The molecular weight excluding hydrogens is 318 g/mol. The summed E-state index contributed by atoms with van der Waals surface area (Å²) in [7, 11) is 0. The molecule has 1 saturated heterocycles. The first-order chi connectivity index (χ1) is 12.1. The van der Waals surface area contributed by atoms with Crippen molar-refractivity contribution in [3.63, 3.8) is 0 Å². The first-order valence-corrected chi connectivity index (χ1v) is 8.72. The van der Waals surface area contributed by atoms with Gasteiger partial charge in [0.2, 0.25) is 0 Å². The Bertz CT molecular complexity index is 710. The fourth-order valence-electron chi connectivity index (χ4n) is 3.36. The summed E-state index contributed by atoms with van der Waals surface area (Å²) in [5.74, 6) is -0.804. The van der Waals surface area contributed by atoms with Crippen LogP contribution >= 0.6 is 0 Å². The zero-order valence-corrected chi connectivity index (χ0v) is 14.2. The second-order valence-electron chi connectivity index (χ2n) is 6.48. The van der Waals surface area contributed by atoms with Crippen LogP contribution in [0.3, 0.4) is 0 Å². The number of carbonyl (C=O) groups is 2. The minimum atomic E-state index is -0.805. The van der Waals surface area contributed by atoms with Crippen LogP contribution in [-0.4, -0.2) is 44.3 Å². The van der Waals surface area contributed by atoms with Gasteiger partial charge < -0.3 is 10.0 Å². The molecule has 0 saturated carbocycles. The minimum Gasteiger partial charge on any atom is -0.481 e. The van der Waals surface area contributed by atoms with E-state index in [4.69, 9.17) is 5.11 Å². The molecule has 0 radical (unpaired) electrons. The van der Waals surface area contributed by atoms with Gasteiger partial charge in [0.25, 0.3) is 5.91 Å². The lowest BCUT2D eigenvalue weighted by Crippen LogP contribution is -2.44. The van der Waals surface area contributed by atoms with Crippen molar-refractivity contribution in [2.45, 2.75) is 44.7 Å². The number of nitrogens with zero attached hydrogens (tertiary/aromatic N) is 3. The van der Waals surface area contributed by atoms with Crippen molar-refractivity contribution < 1.29 is 14.7 Å². The summed E-state index contributed by atoms with van der Waals surface area (Å²) in [5.41, 5.74) is 1.74. The third kappa shape index (κ3) is 4.47. The van der Waals surface area contributed by atoms with Gasteiger partial charge in [-0.3, -0.25) is 14.3 Å². The van der Waals surface area contributed by atoms with Gasteiger partial charge >= 0.3 is 5.97 Å². The van der Waals surface area contributed by atoms with Gasteiger partial charge in [-0.05, 0) is 49.4 Å². The number of carboxylic acid groups (broad SMARTS) is 1. The lowest BCUT2D eigenvalue weighted by Gasteiger charge is -2.35. The molecule has 1 atom stereocenters. The monoisotopic (exact) mass is 341 g/mol. The lowest BCUT2D eigenvalue weighted by molar-refractivity contribution is -0.137. The molecule has 0 aliphatic carbocycles. The zero-order chi connectivity index (χ0) is 17.6. The van der Waals surface area contributed by atoms with Crippen LogP contribution in [0.15, 0.2) is 42.7 Å². The Labute approximate surface area is 147 Å². The summed E-state index contributed by atoms with van der Waals surface area (Å²) in [6.07, 6.45) is 7.20. The maximum atomic E-state index is 12.8. The van der Waals surface area contributed by atoms with E-state index in [2.05, 4.69) is 5.10 Å². The molecule has 6 nitrogen and oxygen atoms in total. The van der Waals surface area contributed by atoms with Crippen molar-refractivity contribution >= 4 is 11.9 Å². The summed E-state index contributed by atoms with van der Waals surface area (Å²) in [6.45, 7) is 1.38. The van der Waals surface area contributed by atoms with E-state index >= 15 is 0 Å². The van der Waals surface area contributed by atoms with E-state index < -0.39 is 5.97 Å². The van der Waals surface area contributed by atoms with Crippen LogP contribution in [-0.2, 0) is 11.3 Å². The predicted octanol–water partition coefficient (Wildman–Crippen LogP) is 2.79. The Morgan fingerprint density at radius 2 is 2.00 bits per heavy atom. The molecular formula is C19H23N3O3. The molecule has 0 unspecified atom stereocenters. The summed E-state index contributed by atoms with van der Waals surface area (Å²) in [4.78, 5) is 25.5. The van der Waals surface area contributed by atoms with Crippen molar-refractivity contribution in [3.8, 4) is 0 Å². The van der Waals surface area contributed by atoms with Crippen molar-refractivity contribution in [1.29, 1.82) is 0 Å². The molecule has 3 rings (SSSR count). The summed E-state index contributed by atoms with van der Waals surface area (Å²) < 4.78 is 1.84.